The Hall–Kier alpha value is -3.19. The molecule has 1 aliphatic heterocycles. The van der Waals surface area contributed by atoms with E-state index in [1.807, 2.05) is 32.9 Å². The highest BCUT2D eigenvalue weighted by molar-refractivity contribution is 7.99. The molecular formula is C22H27N5O4S. The lowest BCUT2D eigenvalue weighted by molar-refractivity contribution is 0.0240. The summed E-state index contributed by atoms with van der Waals surface area (Å²) in [7, 11) is 3.06. The second-order valence-corrected chi connectivity index (χ2v) is 9.10. The van der Waals surface area contributed by atoms with Gasteiger partial charge in [0.25, 0.3) is 0 Å². The number of carbonyl (C=O) groups excluding carboxylic acids is 1. The average Bonchev–Trinajstić information content (AvgIpc) is 2.77. The topological polar surface area (TPSA) is 101 Å². The van der Waals surface area contributed by atoms with E-state index in [2.05, 4.69) is 20.9 Å². The maximum absolute atomic E-state index is 12.4. The molecule has 9 nitrogen and oxygen atoms in total. The van der Waals surface area contributed by atoms with Crippen LogP contribution in [0.1, 0.15) is 26.3 Å². The van der Waals surface area contributed by atoms with E-state index in [0.717, 1.165) is 10.6 Å². The summed E-state index contributed by atoms with van der Waals surface area (Å²) in [5.74, 6) is 0.784. The van der Waals surface area contributed by atoms with Gasteiger partial charge in [0.1, 0.15) is 5.60 Å². The van der Waals surface area contributed by atoms with Crippen molar-refractivity contribution in [3.8, 4) is 17.8 Å². The van der Waals surface area contributed by atoms with Gasteiger partial charge in [0.15, 0.2) is 5.16 Å². The van der Waals surface area contributed by atoms with Crippen molar-refractivity contribution in [1.82, 2.24) is 14.9 Å². The molecule has 170 valence electrons. The molecule has 0 unspecified atom stereocenters. The van der Waals surface area contributed by atoms with Gasteiger partial charge in [0.05, 0.1) is 37.6 Å². The zero-order valence-corrected chi connectivity index (χ0v) is 19.7. The zero-order valence-electron chi connectivity index (χ0n) is 18.9. The Bertz CT molecular complexity index is 988. The van der Waals surface area contributed by atoms with Crippen LogP contribution in [0.15, 0.2) is 34.3 Å². The van der Waals surface area contributed by atoms with Crippen molar-refractivity contribution < 1.29 is 19.0 Å². The number of hydrogen-bond donors (Lipinski definition) is 0. The maximum atomic E-state index is 12.4. The predicted octanol–water partition coefficient (Wildman–Crippen LogP) is 3.57. The first kappa shape index (κ1) is 23.5. The lowest BCUT2D eigenvalue weighted by atomic mass is 10.2. The van der Waals surface area contributed by atoms with E-state index in [1.54, 1.807) is 17.0 Å². The fourth-order valence-corrected chi connectivity index (χ4v) is 4.08. The van der Waals surface area contributed by atoms with Gasteiger partial charge in [-0.15, -0.1) is 0 Å². The van der Waals surface area contributed by atoms with Gasteiger partial charge in [-0.25, -0.2) is 4.79 Å². The fourth-order valence-electron chi connectivity index (χ4n) is 3.12. The van der Waals surface area contributed by atoms with Crippen molar-refractivity contribution >= 4 is 23.5 Å². The van der Waals surface area contributed by atoms with Gasteiger partial charge in [-0.2, -0.15) is 15.2 Å². The van der Waals surface area contributed by atoms with Crippen molar-refractivity contribution in [2.75, 3.05) is 45.3 Å². The summed E-state index contributed by atoms with van der Waals surface area (Å²) < 4.78 is 16.0. The van der Waals surface area contributed by atoms with Crippen molar-refractivity contribution in [2.24, 2.45) is 0 Å². The standard InChI is InChI=1S/C22H27N5O4S/c1-22(2,3)31-21(28)27-10-8-26(9-11-27)16-7-6-15(14-23)12-17(16)32-20-24-18(29-4)13-19(25-20)30-5/h6-7,12-13H,8-11H2,1-5H3. The lowest BCUT2D eigenvalue weighted by Gasteiger charge is -2.37. The molecule has 10 heteroatoms. The zero-order chi connectivity index (χ0) is 23.3. The van der Waals surface area contributed by atoms with Gasteiger partial charge in [-0.05, 0) is 50.7 Å². The molecular weight excluding hydrogens is 430 g/mol. The highest BCUT2D eigenvalue weighted by atomic mass is 32.2. The molecule has 0 aliphatic carbocycles. The molecule has 0 spiro atoms. The molecule has 1 saturated heterocycles. The quantitative estimate of drug-likeness (QED) is 0.624. The smallest absolute Gasteiger partial charge is 0.410 e. The SMILES string of the molecule is COc1cc(OC)nc(Sc2cc(C#N)ccc2N2CCN(C(=O)OC(C)(C)C)CC2)n1. The van der Waals surface area contributed by atoms with Crippen LogP contribution in [0.5, 0.6) is 11.8 Å². The van der Waals surface area contributed by atoms with Crippen molar-refractivity contribution in [1.29, 1.82) is 5.26 Å². The average molecular weight is 458 g/mol. The number of rotatable bonds is 5. The van der Waals surface area contributed by atoms with Gasteiger partial charge >= 0.3 is 6.09 Å². The van der Waals surface area contributed by atoms with Crippen LogP contribution in [0.2, 0.25) is 0 Å². The second kappa shape index (κ2) is 9.96. The number of carbonyl (C=O) groups is 1. The second-order valence-electron chi connectivity index (χ2n) is 8.09. The highest BCUT2D eigenvalue weighted by Crippen LogP contribution is 2.36. The molecule has 32 heavy (non-hydrogen) atoms. The lowest BCUT2D eigenvalue weighted by Crippen LogP contribution is -2.50. The van der Waals surface area contributed by atoms with Gasteiger partial charge in [-0.3, -0.25) is 0 Å². The number of anilines is 1. The van der Waals surface area contributed by atoms with Gasteiger partial charge in [0.2, 0.25) is 11.8 Å². The van der Waals surface area contributed by atoms with Crippen molar-refractivity contribution in [3.05, 3.63) is 29.8 Å². The number of benzene rings is 1. The number of methoxy groups -OCH3 is 2. The number of nitriles is 1. The summed E-state index contributed by atoms with van der Waals surface area (Å²) in [6.07, 6.45) is -0.302. The molecule has 0 bridgehead atoms. The summed E-state index contributed by atoms with van der Waals surface area (Å²) in [5, 5.41) is 9.83. The van der Waals surface area contributed by atoms with E-state index in [9.17, 15) is 10.1 Å². The molecule has 0 N–H and O–H groups in total. The number of ether oxygens (including phenoxy) is 3. The molecule has 1 fully saturated rings. The molecule has 1 amide bonds. The minimum Gasteiger partial charge on any atom is -0.481 e. The van der Waals surface area contributed by atoms with Crippen LogP contribution in [0.25, 0.3) is 0 Å². The molecule has 2 aromatic rings. The summed E-state index contributed by atoms with van der Waals surface area (Å²) in [4.78, 5) is 25.9. The third-order valence-electron chi connectivity index (χ3n) is 4.64. The van der Waals surface area contributed by atoms with Crippen LogP contribution >= 0.6 is 11.8 Å². The monoisotopic (exact) mass is 457 g/mol. The highest BCUT2D eigenvalue weighted by Gasteiger charge is 2.27. The number of amides is 1. The van der Waals surface area contributed by atoms with Crippen LogP contribution in [-0.4, -0.2) is 67.0 Å². The Balaban J connectivity index is 1.80. The van der Waals surface area contributed by atoms with E-state index < -0.39 is 5.60 Å². The molecule has 2 heterocycles. The Kier molecular flexibility index (Phi) is 7.30. The molecule has 1 aromatic carbocycles. The summed E-state index contributed by atoms with van der Waals surface area (Å²) >= 11 is 1.33. The van der Waals surface area contributed by atoms with Crippen LogP contribution in [0, 0.1) is 11.3 Å². The van der Waals surface area contributed by atoms with Gasteiger partial charge in [0, 0.05) is 31.1 Å². The molecule has 1 aliphatic rings. The number of hydrogen-bond acceptors (Lipinski definition) is 9. The van der Waals surface area contributed by atoms with E-state index in [1.165, 1.54) is 26.0 Å². The Morgan fingerprint density at radius 3 is 2.22 bits per heavy atom. The van der Waals surface area contributed by atoms with E-state index in [-0.39, 0.29) is 6.09 Å². The van der Waals surface area contributed by atoms with Gasteiger partial charge in [-0.1, -0.05) is 0 Å². The Labute approximate surface area is 192 Å². The van der Waals surface area contributed by atoms with Crippen LogP contribution in [0.4, 0.5) is 10.5 Å². The fraction of sp³-hybridized carbons (Fsp3) is 0.455. The summed E-state index contributed by atoms with van der Waals surface area (Å²) in [6, 6.07) is 9.30. The minimum atomic E-state index is -0.525. The number of piperazine rings is 1. The minimum absolute atomic E-state index is 0.302. The predicted molar refractivity (Wildman–Crippen MR) is 120 cm³/mol. The van der Waals surface area contributed by atoms with Crippen LogP contribution in [0.3, 0.4) is 0 Å². The molecule has 3 rings (SSSR count). The number of nitrogens with zero attached hydrogens (tertiary/aromatic N) is 5. The van der Waals surface area contributed by atoms with Crippen molar-refractivity contribution in [3.63, 3.8) is 0 Å². The Morgan fingerprint density at radius 2 is 1.69 bits per heavy atom. The van der Waals surface area contributed by atoms with Crippen LogP contribution < -0.4 is 14.4 Å². The van der Waals surface area contributed by atoms with Gasteiger partial charge < -0.3 is 24.0 Å². The largest absolute Gasteiger partial charge is 0.481 e. The van der Waals surface area contributed by atoms with E-state index in [0.29, 0.717) is 48.7 Å². The van der Waals surface area contributed by atoms with Crippen LogP contribution in [-0.2, 0) is 4.74 Å². The first-order valence-electron chi connectivity index (χ1n) is 10.1. The van der Waals surface area contributed by atoms with E-state index >= 15 is 0 Å². The molecule has 1 aromatic heterocycles. The number of aromatic nitrogens is 2. The normalized spacial score (nSPS) is 14.0. The first-order chi connectivity index (χ1) is 15.2. The Morgan fingerprint density at radius 1 is 1.06 bits per heavy atom. The summed E-state index contributed by atoms with van der Waals surface area (Å²) in [6.45, 7) is 7.94. The molecule has 0 atom stereocenters. The molecule has 0 saturated carbocycles. The van der Waals surface area contributed by atoms with E-state index in [4.69, 9.17) is 14.2 Å². The maximum Gasteiger partial charge on any atom is 0.410 e. The van der Waals surface area contributed by atoms with Crippen molar-refractivity contribution in [2.45, 2.75) is 36.4 Å². The molecule has 0 radical (unpaired) electrons. The third-order valence-corrected chi connectivity index (χ3v) is 5.55. The third kappa shape index (κ3) is 5.95. The summed E-state index contributed by atoms with van der Waals surface area (Å²) in [5.41, 5.74) is 0.963. The first-order valence-corrected chi connectivity index (χ1v) is 11.0.